The van der Waals surface area contributed by atoms with Crippen molar-refractivity contribution in [2.24, 2.45) is 5.73 Å². The lowest BCUT2D eigenvalue weighted by molar-refractivity contribution is 0.431. The van der Waals surface area contributed by atoms with Gasteiger partial charge in [0, 0.05) is 11.6 Å². The van der Waals surface area contributed by atoms with Crippen molar-refractivity contribution in [3.8, 4) is 0 Å². The van der Waals surface area contributed by atoms with Crippen LogP contribution in [0, 0.1) is 0 Å². The van der Waals surface area contributed by atoms with E-state index in [4.69, 9.17) is 22.9 Å². The molecule has 1 fully saturated rings. The Morgan fingerprint density at radius 1 is 1.32 bits per heavy atom. The maximum atomic E-state index is 5.49. The van der Waals surface area contributed by atoms with Gasteiger partial charge >= 0.3 is 0 Å². The third-order valence-corrected chi connectivity index (χ3v) is 3.86. The van der Waals surface area contributed by atoms with Crippen LogP contribution in [-0.2, 0) is 0 Å². The van der Waals surface area contributed by atoms with Crippen LogP contribution in [0.4, 0.5) is 5.69 Å². The van der Waals surface area contributed by atoms with Gasteiger partial charge in [-0.3, -0.25) is 0 Å². The molecule has 100 valence electrons. The van der Waals surface area contributed by atoms with Crippen molar-refractivity contribution in [2.75, 3.05) is 5.32 Å². The van der Waals surface area contributed by atoms with Gasteiger partial charge in [0.15, 0.2) is 5.11 Å². The van der Waals surface area contributed by atoms with Crippen molar-refractivity contribution in [1.82, 2.24) is 9.97 Å². The zero-order valence-electron chi connectivity index (χ0n) is 10.8. The zero-order valence-corrected chi connectivity index (χ0v) is 11.6. The van der Waals surface area contributed by atoms with Crippen LogP contribution in [0.1, 0.15) is 43.8 Å². The van der Waals surface area contributed by atoms with Crippen molar-refractivity contribution < 1.29 is 0 Å². The number of hydrogen-bond acceptors (Lipinski definition) is 2. The molecule has 1 aliphatic carbocycles. The Morgan fingerprint density at radius 2 is 2.11 bits per heavy atom. The lowest BCUT2D eigenvalue weighted by Gasteiger charge is -2.18. The molecular weight excluding hydrogens is 256 g/mol. The average Bonchev–Trinajstić information content (AvgIpc) is 2.82. The van der Waals surface area contributed by atoms with Gasteiger partial charge in [0.1, 0.15) is 5.82 Å². The van der Waals surface area contributed by atoms with Gasteiger partial charge in [0.05, 0.1) is 11.0 Å². The number of benzene rings is 1. The van der Waals surface area contributed by atoms with Crippen LogP contribution in [0.25, 0.3) is 11.0 Å². The molecule has 2 aromatic rings. The average molecular weight is 274 g/mol. The monoisotopic (exact) mass is 274 g/mol. The first-order chi connectivity index (χ1) is 9.22. The number of hydrogen-bond donors (Lipinski definition) is 3. The molecule has 0 amide bonds. The van der Waals surface area contributed by atoms with Gasteiger partial charge in [-0.25, -0.2) is 4.98 Å². The van der Waals surface area contributed by atoms with Gasteiger partial charge in [0.25, 0.3) is 0 Å². The molecule has 0 bridgehead atoms. The molecule has 3 rings (SSSR count). The molecule has 0 unspecified atom stereocenters. The minimum absolute atomic E-state index is 0.284. The number of nitrogens with one attached hydrogen (secondary N) is 2. The van der Waals surface area contributed by atoms with E-state index in [-0.39, 0.29) is 5.11 Å². The summed E-state index contributed by atoms with van der Waals surface area (Å²) < 4.78 is 0. The number of aromatic amines is 1. The summed E-state index contributed by atoms with van der Waals surface area (Å²) in [5.74, 6) is 1.72. The van der Waals surface area contributed by atoms with E-state index in [0.29, 0.717) is 5.92 Å². The summed E-state index contributed by atoms with van der Waals surface area (Å²) in [5.41, 5.74) is 8.44. The number of aromatic nitrogens is 2. The van der Waals surface area contributed by atoms with Crippen molar-refractivity contribution in [3.05, 3.63) is 24.0 Å². The molecular formula is C14H18N4S. The zero-order chi connectivity index (χ0) is 13.2. The second-order valence-corrected chi connectivity index (χ2v) is 5.62. The van der Waals surface area contributed by atoms with E-state index in [1.54, 1.807) is 0 Å². The fourth-order valence-corrected chi connectivity index (χ4v) is 2.94. The maximum absolute atomic E-state index is 5.49. The van der Waals surface area contributed by atoms with Crippen LogP contribution < -0.4 is 11.1 Å². The van der Waals surface area contributed by atoms with Crippen molar-refractivity contribution in [1.29, 1.82) is 0 Å². The van der Waals surface area contributed by atoms with Crippen LogP contribution in [0.2, 0.25) is 0 Å². The van der Waals surface area contributed by atoms with E-state index in [1.807, 2.05) is 18.2 Å². The topological polar surface area (TPSA) is 66.7 Å². The molecule has 4 N–H and O–H groups in total. The third kappa shape index (κ3) is 2.71. The first-order valence-electron chi connectivity index (χ1n) is 6.78. The summed E-state index contributed by atoms with van der Waals surface area (Å²) in [6, 6.07) is 5.96. The Kier molecular flexibility index (Phi) is 3.38. The van der Waals surface area contributed by atoms with E-state index in [9.17, 15) is 0 Å². The quantitative estimate of drug-likeness (QED) is 0.735. The Balaban J connectivity index is 1.89. The first-order valence-corrected chi connectivity index (χ1v) is 7.19. The van der Waals surface area contributed by atoms with Crippen molar-refractivity contribution in [3.63, 3.8) is 0 Å². The van der Waals surface area contributed by atoms with Gasteiger partial charge in [-0.05, 0) is 43.3 Å². The normalized spacial score (nSPS) is 16.6. The summed E-state index contributed by atoms with van der Waals surface area (Å²) in [7, 11) is 0. The number of rotatable bonds is 2. The van der Waals surface area contributed by atoms with Crippen LogP contribution in [0.3, 0.4) is 0 Å². The van der Waals surface area contributed by atoms with Gasteiger partial charge < -0.3 is 16.0 Å². The van der Waals surface area contributed by atoms with E-state index < -0.39 is 0 Å². The molecule has 0 spiro atoms. The van der Waals surface area contributed by atoms with E-state index in [0.717, 1.165) is 22.5 Å². The van der Waals surface area contributed by atoms with E-state index in [2.05, 4.69) is 10.3 Å². The number of thiocarbonyl (C=S) groups is 1. The Hall–Kier alpha value is -1.62. The maximum Gasteiger partial charge on any atom is 0.168 e. The standard InChI is InChI=1S/C14H18N4S/c15-14(19)16-10-6-7-11-12(8-10)18-13(17-11)9-4-2-1-3-5-9/h6-9H,1-5H2,(H,17,18)(H3,15,16,19). The van der Waals surface area contributed by atoms with Crippen molar-refractivity contribution >= 4 is 34.1 Å². The van der Waals surface area contributed by atoms with Crippen LogP contribution in [-0.4, -0.2) is 15.1 Å². The molecule has 1 saturated carbocycles. The highest BCUT2D eigenvalue weighted by Gasteiger charge is 2.18. The summed E-state index contributed by atoms with van der Waals surface area (Å²) in [6.45, 7) is 0. The summed E-state index contributed by atoms with van der Waals surface area (Å²) in [4.78, 5) is 8.15. The Morgan fingerprint density at radius 3 is 2.84 bits per heavy atom. The van der Waals surface area contributed by atoms with Crippen LogP contribution in [0.15, 0.2) is 18.2 Å². The Bertz CT molecular complexity index is 599. The number of anilines is 1. The molecule has 0 saturated heterocycles. The second kappa shape index (κ2) is 5.17. The second-order valence-electron chi connectivity index (χ2n) is 5.18. The molecule has 1 heterocycles. The van der Waals surface area contributed by atoms with Gasteiger partial charge in [-0.15, -0.1) is 0 Å². The number of fused-ring (bicyclic) bond motifs is 1. The molecule has 1 aromatic carbocycles. The molecule has 5 heteroatoms. The number of H-pyrrole nitrogens is 1. The summed E-state index contributed by atoms with van der Waals surface area (Å²) in [5, 5.41) is 3.23. The SMILES string of the molecule is NC(=S)Nc1ccc2nc(C3CCCCC3)[nH]c2c1. The highest BCUT2D eigenvalue weighted by atomic mass is 32.1. The molecule has 4 nitrogen and oxygen atoms in total. The van der Waals surface area contributed by atoms with Gasteiger partial charge in [-0.2, -0.15) is 0 Å². The van der Waals surface area contributed by atoms with Crippen molar-refractivity contribution in [2.45, 2.75) is 38.0 Å². The fourth-order valence-electron chi connectivity index (χ4n) is 2.82. The highest BCUT2D eigenvalue weighted by molar-refractivity contribution is 7.80. The molecule has 1 aliphatic rings. The smallest absolute Gasteiger partial charge is 0.168 e. The number of imidazole rings is 1. The number of nitrogens with zero attached hydrogens (tertiary/aromatic N) is 1. The van der Waals surface area contributed by atoms with Crippen LogP contribution in [0.5, 0.6) is 0 Å². The molecule has 0 atom stereocenters. The van der Waals surface area contributed by atoms with Crippen LogP contribution >= 0.6 is 12.2 Å². The Labute approximate surface area is 117 Å². The third-order valence-electron chi connectivity index (χ3n) is 3.76. The van der Waals surface area contributed by atoms with E-state index in [1.165, 1.54) is 32.1 Å². The molecule has 19 heavy (non-hydrogen) atoms. The summed E-state index contributed by atoms with van der Waals surface area (Å²) >= 11 is 4.85. The first kappa shape index (κ1) is 12.4. The molecule has 1 aromatic heterocycles. The van der Waals surface area contributed by atoms with Gasteiger partial charge in [0.2, 0.25) is 0 Å². The highest BCUT2D eigenvalue weighted by Crippen LogP contribution is 2.32. The lowest BCUT2D eigenvalue weighted by atomic mass is 9.89. The summed E-state index contributed by atoms with van der Waals surface area (Å²) in [6.07, 6.45) is 6.49. The largest absolute Gasteiger partial charge is 0.376 e. The van der Waals surface area contributed by atoms with Gasteiger partial charge in [-0.1, -0.05) is 19.3 Å². The molecule has 0 aliphatic heterocycles. The number of nitrogens with two attached hydrogens (primary N) is 1. The minimum Gasteiger partial charge on any atom is -0.376 e. The minimum atomic E-state index is 0.284. The fraction of sp³-hybridized carbons (Fsp3) is 0.429. The lowest BCUT2D eigenvalue weighted by Crippen LogP contribution is -2.18. The predicted octanol–water partition coefficient (Wildman–Crippen LogP) is 3.27. The molecule has 0 radical (unpaired) electrons. The predicted molar refractivity (Wildman–Crippen MR) is 82.3 cm³/mol. The van der Waals surface area contributed by atoms with E-state index >= 15 is 0 Å².